The van der Waals surface area contributed by atoms with Crippen molar-refractivity contribution in [3.05, 3.63) is 85.0 Å². The number of non-ortho nitro benzene ring substituents is 1. The number of aromatic nitrogens is 1. The van der Waals surface area contributed by atoms with Gasteiger partial charge in [0, 0.05) is 22.5 Å². The van der Waals surface area contributed by atoms with Crippen molar-refractivity contribution in [1.82, 2.24) is 9.88 Å². The Bertz CT molecular complexity index is 1390. The zero-order valence-corrected chi connectivity index (χ0v) is 20.5. The Morgan fingerprint density at radius 2 is 1.97 bits per heavy atom. The van der Waals surface area contributed by atoms with Crippen LogP contribution in [0.25, 0.3) is 11.8 Å². The highest BCUT2D eigenvalue weighted by Crippen LogP contribution is 2.34. The third-order valence-corrected chi connectivity index (χ3v) is 6.80. The number of thioether (sulfide) groups is 1. The van der Waals surface area contributed by atoms with E-state index < -0.39 is 4.92 Å². The molecule has 174 valence electrons. The minimum absolute atomic E-state index is 0.0498. The second-order valence-corrected chi connectivity index (χ2v) is 9.08. The number of carbonyl (C=O) groups excluding carboxylic acids is 1. The smallest absolute Gasteiger partial charge is 0.273 e. The molecule has 1 aliphatic rings. The Balaban J connectivity index is 1.68. The zero-order valence-electron chi connectivity index (χ0n) is 18.9. The number of aliphatic imine (C=N–C) groups is 1. The van der Waals surface area contributed by atoms with E-state index in [0.717, 1.165) is 22.5 Å². The molecule has 4 rings (SSSR count). The van der Waals surface area contributed by atoms with E-state index in [1.807, 2.05) is 49.6 Å². The van der Waals surface area contributed by atoms with Crippen molar-refractivity contribution in [1.29, 1.82) is 0 Å². The molecule has 2 heterocycles. The van der Waals surface area contributed by atoms with E-state index in [1.165, 1.54) is 31.0 Å². The van der Waals surface area contributed by atoms with Crippen molar-refractivity contribution < 1.29 is 14.5 Å². The number of nitro groups is 1. The van der Waals surface area contributed by atoms with E-state index in [1.54, 1.807) is 12.1 Å². The summed E-state index contributed by atoms with van der Waals surface area (Å²) in [6.45, 7) is 5.72. The molecular formula is C24H21ClN4O4S. The lowest BCUT2D eigenvalue weighted by Gasteiger charge is -2.13. The number of rotatable bonds is 5. The fraction of sp³-hybridized carbons (Fsp3) is 0.167. The number of methoxy groups -OCH3 is 1. The monoisotopic (exact) mass is 496 g/mol. The number of nitrogens with zero attached hydrogens (tertiary/aromatic N) is 3. The molecule has 10 heteroatoms. The molecule has 1 N–H and O–H groups in total. The molecular weight excluding hydrogens is 476 g/mol. The van der Waals surface area contributed by atoms with Crippen LogP contribution in [0.1, 0.15) is 22.5 Å². The molecule has 1 amide bonds. The molecule has 1 aromatic heterocycles. The maximum Gasteiger partial charge on any atom is 0.273 e. The van der Waals surface area contributed by atoms with Crippen LogP contribution in [0.3, 0.4) is 0 Å². The number of benzene rings is 2. The maximum atomic E-state index is 12.6. The van der Waals surface area contributed by atoms with E-state index in [-0.39, 0.29) is 11.6 Å². The van der Waals surface area contributed by atoms with Gasteiger partial charge >= 0.3 is 0 Å². The SMILES string of the molecule is COc1cc([N+](=O)[O-])ccc1-n1c(C)cc(/C=C2/SC(=Nc3cccc(Cl)c3C)NC2=O)c1C. The lowest BCUT2D eigenvalue weighted by Crippen LogP contribution is -2.19. The number of nitro benzene ring substituents is 1. The van der Waals surface area contributed by atoms with Gasteiger partial charge in [-0.05, 0) is 74.0 Å². The van der Waals surface area contributed by atoms with Crippen LogP contribution in [-0.2, 0) is 4.79 Å². The van der Waals surface area contributed by atoms with Crippen LogP contribution < -0.4 is 10.1 Å². The van der Waals surface area contributed by atoms with Gasteiger partial charge in [-0.15, -0.1) is 0 Å². The van der Waals surface area contributed by atoms with Crippen molar-refractivity contribution >= 4 is 51.9 Å². The molecule has 0 unspecified atom stereocenters. The molecule has 0 radical (unpaired) electrons. The van der Waals surface area contributed by atoms with E-state index >= 15 is 0 Å². The molecule has 3 aromatic rings. The van der Waals surface area contributed by atoms with Crippen LogP contribution in [0.15, 0.2) is 52.4 Å². The summed E-state index contributed by atoms with van der Waals surface area (Å²) in [7, 11) is 1.47. The maximum absolute atomic E-state index is 12.6. The second kappa shape index (κ2) is 9.36. The Morgan fingerprint density at radius 3 is 2.68 bits per heavy atom. The number of nitrogens with one attached hydrogen (secondary N) is 1. The summed E-state index contributed by atoms with van der Waals surface area (Å²) in [4.78, 5) is 28.3. The highest BCUT2D eigenvalue weighted by atomic mass is 35.5. The van der Waals surface area contributed by atoms with Gasteiger partial charge in [-0.25, -0.2) is 4.99 Å². The number of amides is 1. The number of ether oxygens (including phenoxy) is 1. The Morgan fingerprint density at radius 1 is 1.21 bits per heavy atom. The zero-order chi connectivity index (χ0) is 24.6. The molecule has 8 nitrogen and oxygen atoms in total. The van der Waals surface area contributed by atoms with Gasteiger partial charge in [0.05, 0.1) is 34.4 Å². The Labute approximate surface area is 205 Å². The predicted molar refractivity (Wildman–Crippen MR) is 135 cm³/mol. The van der Waals surface area contributed by atoms with Crippen molar-refractivity contribution in [2.24, 2.45) is 4.99 Å². The van der Waals surface area contributed by atoms with Crippen LogP contribution in [0.2, 0.25) is 5.02 Å². The number of amidine groups is 1. The molecule has 0 spiro atoms. The summed E-state index contributed by atoms with van der Waals surface area (Å²) in [5, 5.41) is 15.0. The number of hydrogen-bond donors (Lipinski definition) is 1. The number of aryl methyl sites for hydroxylation is 1. The number of carbonyl (C=O) groups is 1. The highest BCUT2D eigenvalue weighted by molar-refractivity contribution is 8.18. The Hall–Kier alpha value is -3.56. The van der Waals surface area contributed by atoms with Gasteiger partial charge in [-0.3, -0.25) is 14.9 Å². The van der Waals surface area contributed by atoms with Gasteiger partial charge in [0.25, 0.3) is 11.6 Å². The molecule has 0 atom stereocenters. The average molecular weight is 497 g/mol. The fourth-order valence-electron chi connectivity index (χ4n) is 3.72. The summed E-state index contributed by atoms with van der Waals surface area (Å²) in [6, 6.07) is 11.9. The fourth-order valence-corrected chi connectivity index (χ4v) is 4.71. The molecule has 0 bridgehead atoms. The molecule has 0 aliphatic carbocycles. The summed E-state index contributed by atoms with van der Waals surface area (Å²) in [5.41, 5.74) is 4.76. The first-order chi connectivity index (χ1) is 16.2. The summed E-state index contributed by atoms with van der Waals surface area (Å²) < 4.78 is 7.36. The quantitative estimate of drug-likeness (QED) is 0.271. The normalized spacial score (nSPS) is 15.7. The third-order valence-electron chi connectivity index (χ3n) is 5.48. The molecule has 1 saturated heterocycles. The minimum atomic E-state index is -0.461. The highest BCUT2D eigenvalue weighted by Gasteiger charge is 2.25. The third kappa shape index (κ3) is 4.44. The summed E-state index contributed by atoms with van der Waals surface area (Å²) in [6.07, 6.45) is 1.81. The van der Waals surface area contributed by atoms with E-state index in [9.17, 15) is 14.9 Å². The predicted octanol–water partition coefficient (Wildman–Crippen LogP) is 5.86. The summed E-state index contributed by atoms with van der Waals surface area (Å²) >= 11 is 7.43. The van der Waals surface area contributed by atoms with Gasteiger partial charge in [-0.1, -0.05) is 17.7 Å². The standard InChI is InChI=1S/C24H21ClN4O4S/c1-13-10-16(15(3)28(13)20-9-8-17(29(31)32)12-21(20)33-4)11-22-23(30)27-24(34-22)26-19-7-5-6-18(25)14(19)2/h5-12H,1-4H3,(H,26,27,30)/b22-11+. The van der Waals surface area contributed by atoms with Crippen LogP contribution in [0.4, 0.5) is 11.4 Å². The van der Waals surface area contributed by atoms with Crippen LogP contribution in [-0.4, -0.2) is 27.7 Å². The van der Waals surface area contributed by atoms with Gasteiger partial charge < -0.3 is 14.6 Å². The molecule has 0 saturated carbocycles. The van der Waals surface area contributed by atoms with Crippen LogP contribution in [0.5, 0.6) is 5.75 Å². The molecule has 2 aromatic carbocycles. The lowest BCUT2D eigenvalue weighted by molar-refractivity contribution is -0.384. The minimum Gasteiger partial charge on any atom is -0.494 e. The van der Waals surface area contributed by atoms with E-state index in [2.05, 4.69) is 10.3 Å². The molecule has 34 heavy (non-hydrogen) atoms. The van der Waals surface area contributed by atoms with Crippen LogP contribution >= 0.6 is 23.4 Å². The first kappa shape index (κ1) is 23.6. The van der Waals surface area contributed by atoms with Gasteiger partial charge in [0.2, 0.25) is 0 Å². The van der Waals surface area contributed by atoms with Gasteiger partial charge in [-0.2, -0.15) is 0 Å². The van der Waals surface area contributed by atoms with E-state index in [0.29, 0.717) is 32.2 Å². The number of hydrogen-bond acceptors (Lipinski definition) is 6. The van der Waals surface area contributed by atoms with Gasteiger partial charge in [0.1, 0.15) is 5.75 Å². The van der Waals surface area contributed by atoms with E-state index in [4.69, 9.17) is 16.3 Å². The summed E-state index contributed by atoms with van der Waals surface area (Å²) in [5.74, 6) is 0.149. The second-order valence-electron chi connectivity index (χ2n) is 7.64. The first-order valence-corrected chi connectivity index (χ1v) is 11.5. The number of halogens is 1. The topological polar surface area (TPSA) is 98.8 Å². The van der Waals surface area contributed by atoms with Gasteiger partial charge in [0.15, 0.2) is 5.17 Å². The Kier molecular flexibility index (Phi) is 6.49. The van der Waals surface area contributed by atoms with Crippen molar-refractivity contribution in [3.63, 3.8) is 0 Å². The molecule has 1 fully saturated rings. The van der Waals surface area contributed by atoms with Crippen LogP contribution in [0, 0.1) is 30.9 Å². The first-order valence-electron chi connectivity index (χ1n) is 10.3. The van der Waals surface area contributed by atoms with Crippen molar-refractivity contribution in [2.75, 3.05) is 7.11 Å². The largest absolute Gasteiger partial charge is 0.494 e. The average Bonchev–Trinajstić information content (AvgIpc) is 3.28. The lowest BCUT2D eigenvalue weighted by atomic mass is 10.2. The van der Waals surface area contributed by atoms with Crippen molar-refractivity contribution in [3.8, 4) is 11.4 Å². The molecule has 1 aliphatic heterocycles. The van der Waals surface area contributed by atoms with Crippen molar-refractivity contribution in [2.45, 2.75) is 20.8 Å².